The third kappa shape index (κ3) is 4.31. The summed E-state index contributed by atoms with van der Waals surface area (Å²) in [4.78, 5) is 13.8. The summed E-state index contributed by atoms with van der Waals surface area (Å²) >= 11 is 7.48. The molecule has 0 fully saturated rings. The van der Waals surface area contributed by atoms with Gasteiger partial charge in [-0.1, -0.05) is 29.8 Å². The van der Waals surface area contributed by atoms with Crippen LogP contribution in [0, 0.1) is 12.7 Å². The smallest absolute Gasteiger partial charge is 0.227 e. The first-order chi connectivity index (χ1) is 16.0. The summed E-state index contributed by atoms with van der Waals surface area (Å²) in [6, 6.07) is 14.0. The predicted octanol–water partition coefficient (Wildman–Crippen LogP) is 6.12. The molecule has 4 aromatic rings. The van der Waals surface area contributed by atoms with E-state index in [0.717, 1.165) is 22.4 Å². The van der Waals surface area contributed by atoms with Gasteiger partial charge in [0.15, 0.2) is 11.6 Å². The van der Waals surface area contributed by atoms with E-state index in [0.29, 0.717) is 50.8 Å². The first-order valence-corrected chi connectivity index (χ1v) is 11.7. The van der Waals surface area contributed by atoms with Crippen molar-refractivity contribution in [2.24, 2.45) is 0 Å². The van der Waals surface area contributed by atoms with Crippen molar-refractivity contribution in [3.05, 3.63) is 93.5 Å². The molecule has 166 valence electrons. The molecule has 1 aliphatic rings. The van der Waals surface area contributed by atoms with Gasteiger partial charge in [0.25, 0.3) is 0 Å². The molecule has 0 spiro atoms. The number of hydrogen-bond donors (Lipinski definition) is 1. The van der Waals surface area contributed by atoms with Crippen LogP contribution in [-0.2, 0) is 18.8 Å². The van der Waals surface area contributed by atoms with Gasteiger partial charge in [-0.3, -0.25) is 4.98 Å². The number of ether oxygens (including phenoxy) is 1. The highest BCUT2D eigenvalue weighted by Gasteiger charge is 2.27. The van der Waals surface area contributed by atoms with Crippen molar-refractivity contribution < 1.29 is 14.2 Å². The van der Waals surface area contributed by atoms with Crippen LogP contribution in [-0.4, -0.2) is 20.1 Å². The van der Waals surface area contributed by atoms with Crippen molar-refractivity contribution in [1.29, 1.82) is 0 Å². The van der Waals surface area contributed by atoms with Gasteiger partial charge in [0.1, 0.15) is 10.8 Å². The van der Waals surface area contributed by atoms with E-state index in [-0.39, 0.29) is 12.4 Å². The zero-order chi connectivity index (χ0) is 22.9. The average Bonchev–Trinajstić information content (AvgIpc) is 2.83. The number of aryl methyl sites for hydroxylation is 1. The average molecular weight is 480 g/mol. The summed E-state index contributed by atoms with van der Waals surface area (Å²) in [5, 5.41) is 11.1. The summed E-state index contributed by atoms with van der Waals surface area (Å²) in [5.74, 6) is 1.70. The maximum absolute atomic E-state index is 14.2. The molecule has 3 heterocycles. The van der Waals surface area contributed by atoms with Crippen molar-refractivity contribution in [3.8, 4) is 23.0 Å². The molecule has 0 bridgehead atoms. The van der Waals surface area contributed by atoms with Crippen LogP contribution < -0.4 is 4.74 Å². The number of aliphatic hydroxyl groups is 1. The standard InChI is InChI=1S/C25H19ClFN3O2S/c1-14-22-19(17(12-31)11-28-14)10-20-24(32-22)29-23(15-6-8-18(26)9-7-15)30-25(20)33-13-16-4-2-3-5-21(16)27/h2-9,11,31H,10,12-13H2,1H3. The quantitative estimate of drug-likeness (QED) is 0.242. The molecule has 2 aromatic carbocycles. The monoisotopic (exact) mass is 479 g/mol. The fourth-order valence-electron chi connectivity index (χ4n) is 3.70. The van der Waals surface area contributed by atoms with Crippen molar-refractivity contribution >= 4 is 23.4 Å². The summed E-state index contributed by atoms with van der Waals surface area (Å²) in [5.41, 5.74) is 4.49. The Morgan fingerprint density at radius 3 is 2.61 bits per heavy atom. The molecule has 33 heavy (non-hydrogen) atoms. The fourth-order valence-corrected chi connectivity index (χ4v) is 4.84. The van der Waals surface area contributed by atoms with Gasteiger partial charge in [-0.05, 0) is 42.8 Å². The number of aromatic nitrogens is 3. The van der Waals surface area contributed by atoms with Gasteiger partial charge in [0.2, 0.25) is 5.88 Å². The number of nitrogens with zero attached hydrogens (tertiary/aromatic N) is 3. The van der Waals surface area contributed by atoms with Crippen LogP contribution in [0.15, 0.2) is 59.8 Å². The van der Waals surface area contributed by atoms with E-state index in [1.807, 2.05) is 25.1 Å². The predicted molar refractivity (Wildman–Crippen MR) is 126 cm³/mol. The Kier molecular flexibility index (Phi) is 6.01. The number of fused-ring (bicyclic) bond motifs is 2. The first-order valence-electron chi connectivity index (χ1n) is 10.3. The Bertz CT molecular complexity index is 1350. The van der Waals surface area contributed by atoms with E-state index < -0.39 is 0 Å². The molecule has 0 unspecified atom stereocenters. The fraction of sp³-hybridized carbons (Fsp3) is 0.160. The maximum Gasteiger partial charge on any atom is 0.227 e. The molecular formula is C25H19ClFN3O2S. The molecule has 2 aromatic heterocycles. The van der Waals surface area contributed by atoms with Gasteiger partial charge in [-0.15, -0.1) is 11.8 Å². The minimum atomic E-state index is -0.253. The SMILES string of the molecule is Cc1ncc(CO)c2c1Oc1nc(-c3ccc(Cl)cc3)nc(SCc3ccccc3F)c1C2. The van der Waals surface area contributed by atoms with Gasteiger partial charge < -0.3 is 9.84 Å². The van der Waals surface area contributed by atoms with Gasteiger partial charge in [0.05, 0.1) is 17.9 Å². The number of benzene rings is 2. The van der Waals surface area contributed by atoms with Crippen LogP contribution >= 0.6 is 23.4 Å². The molecule has 5 nitrogen and oxygen atoms in total. The lowest BCUT2D eigenvalue weighted by molar-refractivity contribution is 0.278. The third-order valence-electron chi connectivity index (χ3n) is 5.48. The minimum absolute atomic E-state index is 0.143. The van der Waals surface area contributed by atoms with Gasteiger partial charge >= 0.3 is 0 Å². The molecule has 0 saturated carbocycles. The highest BCUT2D eigenvalue weighted by molar-refractivity contribution is 7.98. The Morgan fingerprint density at radius 1 is 1.06 bits per heavy atom. The summed E-state index contributed by atoms with van der Waals surface area (Å²) in [6.45, 7) is 1.72. The highest BCUT2D eigenvalue weighted by Crippen LogP contribution is 2.43. The molecule has 0 amide bonds. The van der Waals surface area contributed by atoms with Crippen LogP contribution in [0.5, 0.6) is 11.6 Å². The highest BCUT2D eigenvalue weighted by atomic mass is 35.5. The van der Waals surface area contributed by atoms with E-state index in [9.17, 15) is 9.50 Å². The molecule has 1 aliphatic heterocycles. The summed E-state index contributed by atoms with van der Waals surface area (Å²) in [6.07, 6.45) is 2.15. The lowest BCUT2D eigenvalue weighted by atomic mass is 9.99. The van der Waals surface area contributed by atoms with Crippen LogP contribution in [0.2, 0.25) is 5.02 Å². The molecule has 0 saturated heterocycles. The molecule has 5 rings (SSSR count). The molecule has 0 aliphatic carbocycles. The zero-order valence-electron chi connectivity index (χ0n) is 17.7. The van der Waals surface area contributed by atoms with E-state index in [4.69, 9.17) is 21.3 Å². The lowest BCUT2D eigenvalue weighted by Gasteiger charge is -2.24. The minimum Gasteiger partial charge on any atom is -0.436 e. The van der Waals surface area contributed by atoms with Crippen molar-refractivity contribution in [2.75, 3.05) is 0 Å². The number of halogens is 2. The largest absolute Gasteiger partial charge is 0.436 e. The van der Waals surface area contributed by atoms with Gasteiger partial charge in [-0.25, -0.2) is 9.37 Å². The molecular weight excluding hydrogens is 461 g/mol. The van der Waals surface area contributed by atoms with E-state index in [1.165, 1.54) is 17.8 Å². The van der Waals surface area contributed by atoms with Gasteiger partial charge in [-0.2, -0.15) is 4.98 Å². The van der Waals surface area contributed by atoms with Crippen LogP contribution in [0.3, 0.4) is 0 Å². The summed E-state index contributed by atoms with van der Waals surface area (Å²) < 4.78 is 20.5. The van der Waals surface area contributed by atoms with Crippen LogP contribution in [0.25, 0.3) is 11.4 Å². The number of pyridine rings is 1. The molecule has 8 heteroatoms. The van der Waals surface area contributed by atoms with E-state index in [1.54, 1.807) is 30.5 Å². The molecule has 0 atom stereocenters. The second-order valence-electron chi connectivity index (χ2n) is 7.64. The summed E-state index contributed by atoms with van der Waals surface area (Å²) in [7, 11) is 0. The number of aliphatic hydroxyl groups excluding tert-OH is 1. The van der Waals surface area contributed by atoms with Gasteiger partial charge in [0, 0.05) is 40.1 Å². The maximum atomic E-state index is 14.2. The third-order valence-corrected chi connectivity index (χ3v) is 6.80. The molecule has 0 radical (unpaired) electrons. The number of hydrogen-bond acceptors (Lipinski definition) is 6. The van der Waals surface area contributed by atoms with Crippen LogP contribution in [0.1, 0.15) is 27.9 Å². The van der Waals surface area contributed by atoms with Crippen molar-refractivity contribution in [2.45, 2.75) is 30.7 Å². The normalized spacial score (nSPS) is 12.1. The number of thioether (sulfide) groups is 1. The Balaban J connectivity index is 1.60. The first kappa shape index (κ1) is 21.8. The second-order valence-corrected chi connectivity index (χ2v) is 9.04. The number of rotatable bonds is 5. The Hall–Kier alpha value is -3.00. The van der Waals surface area contributed by atoms with Crippen molar-refractivity contribution in [3.63, 3.8) is 0 Å². The zero-order valence-corrected chi connectivity index (χ0v) is 19.3. The lowest BCUT2D eigenvalue weighted by Crippen LogP contribution is -2.13. The van der Waals surface area contributed by atoms with Crippen LogP contribution in [0.4, 0.5) is 4.39 Å². The topological polar surface area (TPSA) is 68.1 Å². The van der Waals surface area contributed by atoms with Crippen molar-refractivity contribution in [1.82, 2.24) is 15.0 Å². The van der Waals surface area contributed by atoms with E-state index >= 15 is 0 Å². The Labute approximate surface area is 199 Å². The molecule has 1 N–H and O–H groups in total. The van der Waals surface area contributed by atoms with E-state index in [2.05, 4.69) is 9.97 Å². The Morgan fingerprint density at radius 2 is 1.85 bits per heavy atom. The second kappa shape index (κ2) is 9.09.